The first-order chi connectivity index (χ1) is 11.9. The second-order valence-electron chi connectivity index (χ2n) is 5.57. The Bertz CT molecular complexity index is 792. The molecule has 0 heterocycles. The average molecular weight is 376 g/mol. The second-order valence-corrected chi connectivity index (χ2v) is 11.4. The van der Waals surface area contributed by atoms with Crippen molar-refractivity contribution in [2.75, 3.05) is 20.1 Å². The quantitative estimate of drug-likeness (QED) is 0.448. The average Bonchev–Trinajstić information content (AvgIpc) is 2.60. The van der Waals surface area contributed by atoms with E-state index < -0.39 is 12.3 Å². The molecule has 25 heavy (non-hydrogen) atoms. The molecule has 1 N–H and O–H groups in total. The second kappa shape index (κ2) is 8.88. The molecule has 0 radical (unpaired) electrons. The molecule has 7 heteroatoms. The maximum Gasteiger partial charge on any atom is 0.274 e. The van der Waals surface area contributed by atoms with Crippen molar-refractivity contribution < 1.29 is 14.2 Å². The van der Waals surface area contributed by atoms with Crippen molar-refractivity contribution in [1.82, 2.24) is 5.32 Å². The molecule has 0 aliphatic heterocycles. The van der Waals surface area contributed by atoms with E-state index in [1.54, 1.807) is 18.8 Å². The van der Waals surface area contributed by atoms with Gasteiger partial charge in [-0.05, 0) is 19.1 Å². The SMILES string of the molecule is CON=C(C(=O)NCP(C)(=O)Sc1ccc(C)cc1)c1ccccc1. The molecule has 5 nitrogen and oxygen atoms in total. The minimum atomic E-state index is -2.64. The van der Waals surface area contributed by atoms with E-state index in [1.165, 1.54) is 18.5 Å². The van der Waals surface area contributed by atoms with Crippen molar-refractivity contribution in [3.05, 3.63) is 65.7 Å². The summed E-state index contributed by atoms with van der Waals surface area (Å²) < 4.78 is 12.8. The minimum Gasteiger partial charge on any atom is -0.398 e. The van der Waals surface area contributed by atoms with E-state index in [-0.39, 0.29) is 12.0 Å². The highest BCUT2D eigenvalue weighted by Crippen LogP contribution is 2.57. The lowest BCUT2D eigenvalue weighted by Gasteiger charge is -2.14. The summed E-state index contributed by atoms with van der Waals surface area (Å²) >= 11 is 1.29. The van der Waals surface area contributed by atoms with Gasteiger partial charge >= 0.3 is 0 Å². The largest absolute Gasteiger partial charge is 0.398 e. The summed E-state index contributed by atoms with van der Waals surface area (Å²) in [5.74, 6) is -0.417. The fourth-order valence-electron chi connectivity index (χ4n) is 2.07. The summed E-state index contributed by atoms with van der Waals surface area (Å²) in [6.07, 6.45) is -2.58. The number of amides is 1. The lowest BCUT2D eigenvalue weighted by Crippen LogP contribution is -2.32. The number of hydrogen-bond acceptors (Lipinski definition) is 5. The number of oxime groups is 1. The molecule has 2 aromatic carbocycles. The number of carbonyl (C=O) groups excluding carboxylic acids is 1. The summed E-state index contributed by atoms with van der Waals surface area (Å²) in [4.78, 5) is 18.1. The minimum absolute atomic E-state index is 0.0694. The molecular formula is C18H21N2O3PS. The van der Waals surface area contributed by atoms with Crippen LogP contribution in [0.4, 0.5) is 0 Å². The predicted molar refractivity (Wildman–Crippen MR) is 104 cm³/mol. The molecule has 1 amide bonds. The highest BCUT2D eigenvalue weighted by atomic mass is 32.7. The maximum absolute atomic E-state index is 12.8. The normalized spacial score (nSPS) is 13.8. The number of rotatable bonds is 7. The Kier molecular flexibility index (Phi) is 6.85. The first-order valence-electron chi connectivity index (χ1n) is 7.69. The Morgan fingerprint density at radius 3 is 2.40 bits per heavy atom. The van der Waals surface area contributed by atoms with Crippen LogP contribution in [0.15, 0.2) is 64.6 Å². The van der Waals surface area contributed by atoms with Gasteiger partial charge in [0.05, 0.1) is 6.29 Å². The van der Waals surface area contributed by atoms with Crippen molar-refractivity contribution >= 4 is 29.3 Å². The highest BCUT2D eigenvalue weighted by molar-refractivity contribution is 8.57. The van der Waals surface area contributed by atoms with Crippen molar-refractivity contribution in [1.29, 1.82) is 0 Å². The van der Waals surface area contributed by atoms with Crippen molar-refractivity contribution in [2.24, 2.45) is 5.16 Å². The van der Waals surface area contributed by atoms with Crippen LogP contribution in [-0.4, -0.2) is 31.7 Å². The van der Waals surface area contributed by atoms with Crippen molar-refractivity contribution in [2.45, 2.75) is 11.8 Å². The van der Waals surface area contributed by atoms with Crippen LogP contribution in [0.25, 0.3) is 0 Å². The van der Waals surface area contributed by atoms with Crippen LogP contribution in [0.2, 0.25) is 0 Å². The summed E-state index contributed by atoms with van der Waals surface area (Å²) in [6.45, 7) is 3.66. The number of hydrogen-bond donors (Lipinski definition) is 1. The number of aryl methyl sites for hydroxylation is 1. The zero-order valence-electron chi connectivity index (χ0n) is 14.4. The maximum atomic E-state index is 12.8. The molecule has 0 aliphatic carbocycles. The van der Waals surface area contributed by atoms with E-state index in [2.05, 4.69) is 10.5 Å². The van der Waals surface area contributed by atoms with Gasteiger partial charge in [-0.3, -0.25) is 4.79 Å². The summed E-state index contributed by atoms with van der Waals surface area (Å²) in [7, 11) is 1.38. The van der Waals surface area contributed by atoms with Crippen LogP contribution < -0.4 is 5.32 Å². The van der Waals surface area contributed by atoms with E-state index in [0.717, 1.165) is 10.5 Å². The molecule has 132 valence electrons. The summed E-state index contributed by atoms with van der Waals surface area (Å²) in [5, 5.41) is 6.50. The molecule has 2 rings (SSSR count). The molecule has 0 saturated carbocycles. The zero-order chi connectivity index (χ0) is 18.3. The first-order valence-corrected chi connectivity index (χ1v) is 11.4. The fraction of sp³-hybridized carbons (Fsp3) is 0.222. The lowest BCUT2D eigenvalue weighted by molar-refractivity contribution is -0.114. The van der Waals surface area contributed by atoms with Gasteiger partial charge in [0.25, 0.3) is 5.91 Å². The van der Waals surface area contributed by atoms with Gasteiger partial charge in [-0.25, -0.2) is 0 Å². The molecule has 0 fully saturated rings. The highest BCUT2D eigenvalue weighted by Gasteiger charge is 2.21. The van der Waals surface area contributed by atoms with Gasteiger partial charge in [0, 0.05) is 17.1 Å². The van der Waals surface area contributed by atoms with Gasteiger partial charge in [-0.1, -0.05) is 64.6 Å². The monoisotopic (exact) mass is 376 g/mol. The van der Waals surface area contributed by atoms with E-state index in [9.17, 15) is 9.36 Å². The van der Waals surface area contributed by atoms with Crippen LogP contribution >= 0.6 is 17.7 Å². The standard InChI is InChI=1S/C18H21N2O3PS/c1-14-9-11-16(12-10-14)25-24(3,22)13-19-18(21)17(20-23-2)15-7-5-4-6-8-15/h4-12H,13H2,1-3H3,(H,19,21). The Hall–Kier alpha value is -2.04. The first kappa shape index (κ1) is 19.3. The molecule has 0 aromatic heterocycles. The zero-order valence-corrected chi connectivity index (χ0v) is 16.1. The molecule has 1 atom stereocenters. The molecule has 0 aliphatic rings. The van der Waals surface area contributed by atoms with E-state index in [0.29, 0.717) is 5.56 Å². The van der Waals surface area contributed by atoms with E-state index in [4.69, 9.17) is 4.84 Å². The Labute approximate surface area is 152 Å². The van der Waals surface area contributed by atoms with Crippen LogP contribution in [0.5, 0.6) is 0 Å². The fourth-order valence-corrected chi connectivity index (χ4v) is 5.36. The van der Waals surface area contributed by atoms with Crippen LogP contribution in [0.3, 0.4) is 0 Å². The number of benzene rings is 2. The van der Waals surface area contributed by atoms with Crippen LogP contribution in [0, 0.1) is 6.92 Å². The summed E-state index contributed by atoms with van der Waals surface area (Å²) in [6, 6.07) is 16.8. The predicted octanol–water partition coefficient (Wildman–Crippen LogP) is 4.12. The third kappa shape index (κ3) is 6.07. The van der Waals surface area contributed by atoms with Crippen LogP contribution in [-0.2, 0) is 14.2 Å². The molecule has 0 bridgehead atoms. The number of nitrogens with zero attached hydrogens (tertiary/aromatic N) is 1. The number of nitrogens with one attached hydrogen (secondary N) is 1. The molecule has 1 unspecified atom stereocenters. The third-order valence-electron chi connectivity index (χ3n) is 3.29. The molecule has 0 saturated heterocycles. The van der Waals surface area contributed by atoms with Gasteiger partial charge in [0.15, 0.2) is 12.1 Å². The number of carbonyl (C=O) groups is 1. The van der Waals surface area contributed by atoms with Gasteiger partial charge < -0.3 is 14.7 Å². The molecule has 2 aromatic rings. The van der Waals surface area contributed by atoms with Gasteiger partial charge in [-0.15, -0.1) is 0 Å². The lowest BCUT2D eigenvalue weighted by atomic mass is 10.1. The Morgan fingerprint density at radius 2 is 1.80 bits per heavy atom. The van der Waals surface area contributed by atoms with Gasteiger partial charge in [0.2, 0.25) is 0 Å². The summed E-state index contributed by atoms with van der Waals surface area (Å²) in [5.41, 5.74) is 1.94. The Balaban J connectivity index is 2.02. The topological polar surface area (TPSA) is 67.8 Å². The van der Waals surface area contributed by atoms with Crippen LogP contribution in [0.1, 0.15) is 11.1 Å². The van der Waals surface area contributed by atoms with Crippen molar-refractivity contribution in [3.63, 3.8) is 0 Å². The third-order valence-corrected chi connectivity index (χ3v) is 7.07. The Morgan fingerprint density at radius 1 is 1.16 bits per heavy atom. The smallest absolute Gasteiger partial charge is 0.274 e. The molecular weight excluding hydrogens is 355 g/mol. The van der Waals surface area contributed by atoms with Gasteiger partial charge in [0.1, 0.15) is 7.11 Å². The molecule has 0 spiro atoms. The van der Waals surface area contributed by atoms with E-state index in [1.807, 2.05) is 49.4 Å². The van der Waals surface area contributed by atoms with Gasteiger partial charge in [-0.2, -0.15) is 0 Å². The van der Waals surface area contributed by atoms with E-state index >= 15 is 0 Å². The van der Waals surface area contributed by atoms with Crippen molar-refractivity contribution in [3.8, 4) is 0 Å².